The zero-order chi connectivity index (χ0) is 17.9. The third kappa shape index (κ3) is 2.88. The predicted octanol–water partition coefficient (Wildman–Crippen LogP) is 2.79. The number of aromatic amines is 1. The number of hydrogen-bond donors (Lipinski definition) is 1. The van der Waals surface area contributed by atoms with Gasteiger partial charge in [0.15, 0.2) is 0 Å². The van der Waals surface area contributed by atoms with E-state index in [2.05, 4.69) is 21.2 Å². The topological polar surface area (TPSA) is 76.0 Å². The first-order valence-corrected chi connectivity index (χ1v) is 8.73. The maximum Gasteiger partial charge on any atom is 0.256 e. The van der Waals surface area contributed by atoms with Gasteiger partial charge in [-0.2, -0.15) is 10.4 Å². The van der Waals surface area contributed by atoms with E-state index in [-0.39, 0.29) is 5.91 Å². The van der Waals surface area contributed by atoms with Gasteiger partial charge in [0, 0.05) is 31.6 Å². The van der Waals surface area contributed by atoms with Crippen LogP contribution in [-0.2, 0) is 0 Å². The second kappa shape index (κ2) is 6.89. The first-order valence-electron chi connectivity index (χ1n) is 8.73. The Morgan fingerprint density at radius 2 is 1.96 bits per heavy atom. The van der Waals surface area contributed by atoms with Crippen molar-refractivity contribution in [2.24, 2.45) is 0 Å². The van der Waals surface area contributed by atoms with Crippen molar-refractivity contribution >= 4 is 22.5 Å². The molecular formula is C20H19N5O. The fourth-order valence-electron chi connectivity index (χ4n) is 3.52. The van der Waals surface area contributed by atoms with Crippen LogP contribution in [0.1, 0.15) is 22.3 Å². The molecule has 6 nitrogen and oxygen atoms in total. The molecule has 26 heavy (non-hydrogen) atoms. The van der Waals surface area contributed by atoms with Crippen molar-refractivity contribution in [2.45, 2.75) is 6.42 Å². The van der Waals surface area contributed by atoms with Crippen LogP contribution >= 0.6 is 0 Å². The van der Waals surface area contributed by atoms with Gasteiger partial charge in [0.25, 0.3) is 5.91 Å². The molecule has 0 atom stereocenters. The van der Waals surface area contributed by atoms with Gasteiger partial charge < -0.3 is 9.80 Å². The summed E-state index contributed by atoms with van der Waals surface area (Å²) in [6, 6.07) is 15.6. The summed E-state index contributed by atoms with van der Waals surface area (Å²) in [7, 11) is 0. The van der Waals surface area contributed by atoms with Gasteiger partial charge in [-0.25, -0.2) is 0 Å². The van der Waals surface area contributed by atoms with Crippen molar-refractivity contribution in [1.82, 2.24) is 15.1 Å². The molecule has 1 aliphatic rings. The first-order chi connectivity index (χ1) is 12.8. The van der Waals surface area contributed by atoms with Gasteiger partial charge in [0.1, 0.15) is 6.07 Å². The molecule has 2 heterocycles. The number of amides is 1. The molecule has 0 unspecified atom stereocenters. The number of nitriles is 1. The SMILES string of the molecule is N#Cc1ccccc1N1CCCN(C(=O)c2cccc3cn[nH]c23)CC1. The number of carbonyl (C=O) groups is 1. The molecule has 0 saturated carbocycles. The van der Waals surface area contributed by atoms with E-state index in [1.807, 2.05) is 47.4 Å². The van der Waals surface area contributed by atoms with E-state index in [1.54, 1.807) is 6.20 Å². The Morgan fingerprint density at radius 3 is 2.85 bits per heavy atom. The Labute approximate surface area is 151 Å². The summed E-state index contributed by atoms with van der Waals surface area (Å²) in [5.41, 5.74) is 3.06. The fraction of sp³-hybridized carbons (Fsp3) is 0.250. The van der Waals surface area contributed by atoms with Gasteiger partial charge in [-0.05, 0) is 24.6 Å². The Hall–Kier alpha value is -3.33. The number of H-pyrrole nitrogens is 1. The second-order valence-corrected chi connectivity index (χ2v) is 6.40. The third-order valence-electron chi connectivity index (χ3n) is 4.86. The number of aromatic nitrogens is 2. The quantitative estimate of drug-likeness (QED) is 0.775. The van der Waals surface area contributed by atoms with Crippen molar-refractivity contribution in [3.8, 4) is 6.07 Å². The van der Waals surface area contributed by atoms with E-state index in [0.29, 0.717) is 30.8 Å². The van der Waals surface area contributed by atoms with Gasteiger partial charge in [0.2, 0.25) is 0 Å². The Bertz CT molecular complexity index is 987. The van der Waals surface area contributed by atoms with Crippen molar-refractivity contribution in [3.05, 3.63) is 59.8 Å². The Balaban J connectivity index is 1.55. The smallest absolute Gasteiger partial charge is 0.256 e. The average Bonchev–Trinajstić information content (AvgIpc) is 3.04. The number of nitrogens with one attached hydrogen (secondary N) is 1. The summed E-state index contributed by atoms with van der Waals surface area (Å²) >= 11 is 0. The zero-order valence-corrected chi connectivity index (χ0v) is 14.4. The highest BCUT2D eigenvalue weighted by Crippen LogP contribution is 2.23. The maximum absolute atomic E-state index is 13.0. The van der Waals surface area contributed by atoms with Crippen molar-refractivity contribution in [3.63, 3.8) is 0 Å². The number of para-hydroxylation sites is 2. The Kier molecular flexibility index (Phi) is 4.28. The number of rotatable bonds is 2. The van der Waals surface area contributed by atoms with Crippen LogP contribution in [0.15, 0.2) is 48.7 Å². The third-order valence-corrected chi connectivity index (χ3v) is 4.86. The van der Waals surface area contributed by atoms with Gasteiger partial charge in [-0.3, -0.25) is 9.89 Å². The molecule has 6 heteroatoms. The van der Waals surface area contributed by atoms with E-state index in [1.165, 1.54) is 0 Å². The molecule has 0 bridgehead atoms. The molecule has 1 aromatic heterocycles. The predicted molar refractivity (Wildman–Crippen MR) is 100.0 cm³/mol. The molecule has 0 radical (unpaired) electrons. The summed E-state index contributed by atoms with van der Waals surface area (Å²) < 4.78 is 0. The molecular weight excluding hydrogens is 326 g/mol. The number of anilines is 1. The fourth-order valence-corrected chi connectivity index (χ4v) is 3.52. The summed E-state index contributed by atoms with van der Waals surface area (Å²) in [6.45, 7) is 2.87. The minimum Gasteiger partial charge on any atom is -0.369 e. The number of nitrogens with zero attached hydrogens (tertiary/aromatic N) is 4. The van der Waals surface area contributed by atoms with Crippen LogP contribution in [0.5, 0.6) is 0 Å². The van der Waals surface area contributed by atoms with Crippen LogP contribution in [0.2, 0.25) is 0 Å². The van der Waals surface area contributed by atoms with E-state index in [4.69, 9.17) is 0 Å². The van der Waals surface area contributed by atoms with E-state index in [9.17, 15) is 10.1 Å². The van der Waals surface area contributed by atoms with Gasteiger partial charge in [-0.15, -0.1) is 0 Å². The highest BCUT2D eigenvalue weighted by molar-refractivity contribution is 6.05. The highest BCUT2D eigenvalue weighted by atomic mass is 16.2. The lowest BCUT2D eigenvalue weighted by Gasteiger charge is -2.24. The molecule has 0 spiro atoms. The van der Waals surface area contributed by atoms with Crippen molar-refractivity contribution in [2.75, 3.05) is 31.1 Å². The van der Waals surface area contributed by atoms with Crippen LogP contribution in [0.4, 0.5) is 5.69 Å². The molecule has 1 N–H and O–H groups in total. The molecule has 2 aromatic carbocycles. The summed E-state index contributed by atoms with van der Waals surface area (Å²) in [5, 5.41) is 17.3. The number of fused-ring (bicyclic) bond motifs is 1. The van der Waals surface area contributed by atoms with Crippen LogP contribution < -0.4 is 4.90 Å². The lowest BCUT2D eigenvalue weighted by molar-refractivity contribution is 0.0769. The monoisotopic (exact) mass is 345 g/mol. The van der Waals surface area contributed by atoms with Crippen molar-refractivity contribution in [1.29, 1.82) is 5.26 Å². The lowest BCUT2D eigenvalue weighted by atomic mass is 10.1. The molecule has 130 valence electrons. The number of hydrogen-bond acceptors (Lipinski definition) is 4. The van der Waals surface area contributed by atoms with E-state index < -0.39 is 0 Å². The van der Waals surface area contributed by atoms with Crippen molar-refractivity contribution < 1.29 is 4.79 Å². The van der Waals surface area contributed by atoms with Crippen LogP contribution in [0, 0.1) is 11.3 Å². The molecule has 1 saturated heterocycles. The normalized spacial score (nSPS) is 14.9. The highest BCUT2D eigenvalue weighted by Gasteiger charge is 2.23. The second-order valence-electron chi connectivity index (χ2n) is 6.40. The molecule has 4 rings (SSSR count). The van der Waals surface area contributed by atoms with Crippen LogP contribution in [0.25, 0.3) is 10.9 Å². The zero-order valence-electron chi connectivity index (χ0n) is 14.4. The minimum absolute atomic E-state index is 0.0234. The standard InChI is InChI=1S/C20H19N5O/c21-13-15-5-1-2-8-18(15)24-9-4-10-25(12-11-24)20(26)17-7-3-6-16-14-22-23-19(16)17/h1-3,5-8,14H,4,9-12H2,(H,22,23). The van der Waals surface area contributed by atoms with E-state index >= 15 is 0 Å². The molecule has 3 aromatic rings. The van der Waals surface area contributed by atoms with Gasteiger partial charge in [-0.1, -0.05) is 24.3 Å². The maximum atomic E-state index is 13.0. The summed E-state index contributed by atoms with van der Waals surface area (Å²) in [6.07, 6.45) is 2.60. The molecule has 0 aliphatic carbocycles. The average molecular weight is 345 g/mol. The van der Waals surface area contributed by atoms with Gasteiger partial charge >= 0.3 is 0 Å². The number of benzene rings is 2. The summed E-state index contributed by atoms with van der Waals surface area (Å²) in [5.74, 6) is 0.0234. The molecule has 1 amide bonds. The largest absolute Gasteiger partial charge is 0.369 e. The molecule has 1 aliphatic heterocycles. The van der Waals surface area contributed by atoms with Crippen LogP contribution in [-0.4, -0.2) is 47.2 Å². The van der Waals surface area contributed by atoms with Gasteiger partial charge in [0.05, 0.1) is 28.5 Å². The number of carbonyl (C=O) groups excluding carboxylic acids is 1. The lowest BCUT2D eigenvalue weighted by Crippen LogP contribution is -2.35. The molecule has 1 fully saturated rings. The van der Waals surface area contributed by atoms with Crippen LogP contribution in [0.3, 0.4) is 0 Å². The minimum atomic E-state index is 0.0234. The summed E-state index contributed by atoms with van der Waals surface area (Å²) in [4.78, 5) is 17.1. The first kappa shape index (κ1) is 16.2. The Morgan fingerprint density at radius 1 is 1.08 bits per heavy atom. The van der Waals surface area contributed by atoms with E-state index in [0.717, 1.165) is 29.6 Å².